The summed E-state index contributed by atoms with van der Waals surface area (Å²) in [6.45, 7) is 7.35. The van der Waals surface area contributed by atoms with Crippen LogP contribution in [-0.4, -0.2) is 25.1 Å². The van der Waals surface area contributed by atoms with E-state index in [4.69, 9.17) is 0 Å². The number of hydrogen-bond acceptors (Lipinski definition) is 4. The molecule has 0 aliphatic rings. The van der Waals surface area contributed by atoms with Crippen molar-refractivity contribution < 1.29 is 4.39 Å². The van der Waals surface area contributed by atoms with Gasteiger partial charge in [-0.05, 0) is 59.5 Å². The zero-order chi connectivity index (χ0) is 28.2. The van der Waals surface area contributed by atoms with Crippen molar-refractivity contribution in [3.05, 3.63) is 144 Å². The van der Waals surface area contributed by atoms with Crippen LogP contribution in [0.25, 0.3) is 39.1 Å². The van der Waals surface area contributed by atoms with Crippen molar-refractivity contribution in [3.8, 4) is 22.5 Å². The molecule has 0 atom stereocenters. The minimum Gasteiger partial charge on any atom is -0.357 e. The maximum absolute atomic E-state index is 14.0. The van der Waals surface area contributed by atoms with E-state index in [9.17, 15) is 4.39 Å². The number of hydrogen-bond donors (Lipinski definition) is 3. The van der Waals surface area contributed by atoms with Gasteiger partial charge in [-0.2, -0.15) is 5.10 Å². The van der Waals surface area contributed by atoms with E-state index in [2.05, 4.69) is 61.3 Å². The zero-order valence-corrected chi connectivity index (χ0v) is 22.7. The number of aromatic nitrogens is 5. The number of H-pyrrole nitrogens is 2. The summed E-state index contributed by atoms with van der Waals surface area (Å²) in [4.78, 5) is 12.6. The van der Waals surface area contributed by atoms with Crippen molar-refractivity contribution in [2.45, 2.75) is 20.0 Å². The van der Waals surface area contributed by atoms with Crippen LogP contribution in [0.15, 0.2) is 110 Å². The Morgan fingerprint density at radius 1 is 0.927 bits per heavy atom. The summed E-state index contributed by atoms with van der Waals surface area (Å²) in [5.74, 6) is -0.284. The second kappa shape index (κ2) is 11.5. The third-order valence-electron chi connectivity index (χ3n) is 7.03. The Kier molecular flexibility index (Phi) is 7.34. The lowest BCUT2D eigenvalue weighted by atomic mass is 9.97. The Morgan fingerprint density at radius 3 is 2.59 bits per heavy atom. The van der Waals surface area contributed by atoms with Gasteiger partial charge in [0, 0.05) is 59.5 Å². The Balaban J connectivity index is 1.29. The van der Waals surface area contributed by atoms with Gasteiger partial charge in [-0.15, -0.1) is 0 Å². The number of aromatic amines is 2. The van der Waals surface area contributed by atoms with Gasteiger partial charge in [-0.3, -0.25) is 10.1 Å². The fourth-order valence-electron chi connectivity index (χ4n) is 5.04. The fourth-order valence-corrected chi connectivity index (χ4v) is 5.04. The Labute approximate surface area is 237 Å². The molecule has 202 valence electrons. The number of benzene rings is 2. The van der Waals surface area contributed by atoms with E-state index < -0.39 is 0 Å². The van der Waals surface area contributed by atoms with Gasteiger partial charge in [-0.25, -0.2) is 9.37 Å². The number of halogens is 1. The highest BCUT2D eigenvalue weighted by Gasteiger charge is 2.17. The van der Waals surface area contributed by atoms with Crippen molar-refractivity contribution >= 4 is 16.6 Å². The van der Waals surface area contributed by atoms with E-state index in [0.29, 0.717) is 12.2 Å². The number of allylic oxidation sites excluding steroid dienone is 2. The molecule has 4 heterocycles. The van der Waals surface area contributed by atoms with E-state index in [0.717, 1.165) is 62.4 Å². The number of aryl methyl sites for hydroxylation is 1. The monoisotopic (exact) mass is 540 g/mol. The van der Waals surface area contributed by atoms with Crippen LogP contribution in [0.4, 0.5) is 4.39 Å². The van der Waals surface area contributed by atoms with Crippen LogP contribution in [0.3, 0.4) is 0 Å². The molecule has 0 aliphatic carbocycles. The normalized spacial score (nSPS) is 11.7. The minimum atomic E-state index is -0.284. The second-order valence-electron chi connectivity index (χ2n) is 9.91. The van der Waals surface area contributed by atoms with Gasteiger partial charge in [0.25, 0.3) is 0 Å². The molecule has 4 aromatic heterocycles. The molecule has 6 nitrogen and oxygen atoms in total. The lowest BCUT2D eigenvalue weighted by Gasteiger charge is -2.07. The molecule has 0 saturated carbocycles. The van der Waals surface area contributed by atoms with Crippen LogP contribution in [0, 0.1) is 12.7 Å². The summed E-state index contributed by atoms with van der Waals surface area (Å²) >= 11 is 0. The average molecular weight is 541 g/mol. The number of rotatable bonds is 9. The number of nitrogens with one attached hydrogen (secondary N) is 3. The first kappa shape index (κ1) is 26.1. The minimum absolute atomic E-state index is 0.284. The van der Waals surface area contributed by atoms with Crippen LogP contribution in [0.5, 0.6) is 0 Å². The molecule has 0 fully saturated rings. The van der Waals surface area contributed by atoms with Crippen LogP contribution in [0.1, 0.15) is 27.9 Å². The molecule has 0 bridgehead atoms. The molecule has 3 N–H and O–H groups in total. The van der Waals surface area contributed by atoms with E-state index >= 15 is 0 Å². The molecule has 0 unspecified atom stereocenters. The molecular formula is C34H29FN6. The predicted octanol–water partition coefficient (Wildman–Crippen LogP) is 7.37. The Hall–Kier alpha value is -5.14. The SMILES string of the molecule is C=C/C=C(/c1cccc(F)c1)c1cc(-c2n[nH]c3ncc(-c4cncc(CNCc5ccccc5)c4)cc23)[nH]c1C. The summed E-state index contributed by atoms with van der Waals surface area (Å²) in [6, 6.07) is 23.2. The topological polar surface area (TPSA) is 82.3 Å². The molecule has 7 heteroatoms. The lowest BCUT2D eigenvalue weighted by Crippen LogP contribution is -2.12. The van der Waals surface area contributed by atoms with Crippen molar-refractivity contribution in [2.75, 3.05) is 0 Å². The van der Waals surface area contributed by atoms with Gasteiger partial charge >= 0.3 is 0 Å². The summed E-state index contributed by atoms with van der Waals surface area (Å²) in [5.41, 5.74) is 10.1. The molecule has 2 aromatic carbocycles. The van der Waals surface area contributed by atoms with Crippen LogP contribution >= 0.6 is 0 Å². The largest absolute Gasteiger partial charge is 0.357 e. The van der Waals surface area contributed by atoms with Gasteiger partial charge in [-0.1, -0.05) is 61.2 Å². The standard InChI is InChI=1S/C34H29FN6/c1-3-8-29(25-11-7-12-28(35)14-25)30-16-32(39-22(30)2)33-31-15-27(21-38-34(31)41-40-33)26-13-24(19-37-20-26)18-36-17-23-9-5-4-6-10-23/h3-16,19-21,36,39H,1,17-18H2,2H3,(H,38,40,41)/b29-8-. The summed E-state index contributed by atoms with van der Waals surface area (Å²) in [5, 5.41) is 12.0. The van der Waals surface area contributed by atoms with Gasteiger partial charge in [0.05, 0.1) is 5.69 Å². The maximum Gasteiger partial charge on any atom is 0.155 e. The van der Waals surface area contributed by atoms with Gasteiger partial charge in [0.1, 0.15) is 11.5 Å². The van der Waals surface area contributed by atoms with Crippen molar-refractivity contribution in [3.63, 3.8) is 0 Å². The van der Waals surface area contributed by atoms with Crippen LogP contribution < -0.4 is 5.32 Å². The number of nitrogens with zero attached hydrogens (tertiary/aromatic N) is 3. The van der Waals surface area contributed by atoms with Crippen molar-refractivity contribution in [1.82, 2.24) is 30.5 Å². The molecule has 0 saturated heterocycles. The maximum atomic E-state index is 14.0. The summed E-state index contributed by atoms with van der Waals surface area (Å²) in [7, 11) is 0. The molecule has 0 radical (unpaired) electrons. The van der Waals surface area contributed by atoms with Gasteiger partial charge in [0.15, 0.2) is 5.65 Å². The molecule has 0 aliphatic heterocycles. The first-order valence-corrected chi connectivity index (χ1v) is 13.4. The second-order valence-corrected chi connectivity index (χ2v) is 9.91. The predicted molar refractivity (Wildman–Crippen MR) is 162 cm³/mol. The van der Waals surface area contributed by atoms with E-state index in [1.807, 2.05) is 61.9 Å². The molecule has 0 spiro atoms. The van der Waals surface area contributed by atoms with Gasteiger partial charge < -0.3 is 10.3 Å². The first-order valence-electron chi connectivity index (χ1n) is 13.4. The first-order chi connectivity index (χ1) is 20.1. The van der Waals surface area contributed by atoms with Gasteiger partial charge in [0.2, 0.25) is 0 Å². The van der Waals surface area contributed by atoms with E-state index in [1.165, 1.54) is 17.7 Å². The Morgan fingerprint density at radius 2 is 1.76 bits per heavy atom. The lowest BCUT2D eigenvalue weighted by molar-refractivity contribution is 0.627. The Bertz CT molecular complexity index is 1870. The third-order valence-corrected chi connectivity index (χ3v) is 7.03. The molecule has 6 aromatic rings. The van der Waals surface area contributed by atoms with E-state index in [-0.39, 0.29) is 5.82 Å². The van der Waals surface area contributed by atoms with Crippen LogP contribution in [-0.2, 0) is 13.1 Å². The summed E-state index contributed by atoms with van der Waals surface area (Å²) in [6.07, 6.45) is 9.18. The number of pyridine rings is 2. The molecule has 41 heavy (non-hydrogen) atoms. The number of fused-ring (bicyclic) bond motifs is 1. The molecule has 0 amide bonds. The highest BCUT2D eigenvalue weighted by Crippen LogP contribution is 2.34. The average Bonchev–Trinajstić information content (AvgIpc) is 3.59. The molecule has 6 rings (SSSR count). The summed E-state index contributed by atoms with van der Waals surface area (Å²) < 4.78 is 14.0. The van der Waals surface area contributed by atoms with Crippen LogP contribution in [0.2, 0.25) is 0 Å². The zero-order valence-electron chi connectivity index (χ0n) is 22.7. The fraction of sp³-hybridized carbons (Fsp3) is 0.0882. The highest BCUT2D eigenvalue weighted by atomic mass is 19.1. The van der Waals surface area contributed by atoms with Crippen molar-refractivity contribution in [1.29, 1.82) is 0 Å². The quantitative estimate of drug-likeness (QED) is 0.167. The highest BCUT2D eigenvalue weighted by molar-refractivity contribution is 5.94. The van der Waals surface area contributed by atoms with E-state index in [1.54, 1.807) is 12.1 Å². The third kappa shape index (κ3) is 5.62. The smallest absolute Gasteiger partial charge is 0.155 e. The molecular weight excluding hydrogens is 511 g/mol. The van der Waals surface area contributed by atoms with Crippen molar-refractivity contribution in [2.24, 2.45) is 0 Å².